The maximum Gasteiger partial charge on any atom is 0.247 e. The molecule has 104 valence electrons. The molecular weight excluding hydrogens is 308 g/mol. The summed E-state index contributed by atoms with van der Waals surface area (Å²) < 4.78 is 0.997. The van der Waals surface area contributed by atoms with Gasteiger partial charge in [0.15, 0.2) is 0 Å². The van der Waals surface area contributed by atoms with E-state index in [1.54, 1.807) is 11.9 Å². The van der Waals surface area contributed by atoms with Gasteiger partial charge >= 0.3 is 0 Å². The molecule has 5 heteroatoms. The number of hydrogen-bond donors (Lipinski definition) is 1. The molecule has 1 aromatic rings. The van der Waals surface area contributed by atoms with Gasteiger partial charge in [-0.15, -0.1) is 0 Å². The van der Waals surface area contributed by atoms with Crippen LogP contribution in [0.15, 0.2) is 28.7 Å². The van der Waals surface area contributed by atoms with Crippen molar-refractivity contribution < 1.29 is 9.90 Å². The highest BCUT2D eigenvalue weighted by Crippen LogP contribution is 2.29. The zero-order chi connectivity index (χ0) is 14.2. The molecule has 1 N–H and O–H groups in total. The minimum Gasteiger partial charge on any atom is -0.394 e. The first-order valence-electron chi connectivity index (χ1n) is 6.27. The number of aliphatic hydroxyl groups excluding tert-OH is 1. The first-order valence-corrected chi connectivity index (χ1v) is 7.07. The van der Waals surface area contributed by atoms with Gasteiger partial charge in [0.25, 0.3) is 0 Å². The number of rotatable bonds is 2. The summed E-state index contributed by atoms with van der Waals surface area (Å²) in [5.41, 5.74) is 0.701. The zero-order valence-electron chi connectivity index (χ0n) is 11.4. The molecule has 1 heterocycles. The Balaban J connectivity index is 2.37. The van der Waals surface area contributed by atoms with Crippen LogP contribution in [0.3, 0.4) is 0 Å². The van der Waals surface area contributed by atoms with Crippen molar-refractivity contribution in [1.82, 2.24) is 4.90 Å². The van der Waals surface area contributed by atoms with Crippen molar-refractivity contribution >= 4 is 27.5 Å². The molecule has 2 rings (SSSR count). The molecule has 1 unspecified atom stereocenters. The van der Waals surface area contributed by atoms with Crippen LogP contribution in [0, 0.1) is 0 Å². The first-order chi connectivity index (χ1) is 8.86. The van der Waals surface area contributed by atoms with Gasteiger partial charge in [0.2, 0.25) is 5.91 Å². The van der Waals surface area contributed by atoms with Gasteiger partial charge in [0, 0.05) is 23.8 Å². The molecule has 1 aliphatic rings. The van der Waals surface area contributed by atoms with Crippen molar-refractivity contribution in [3.63, 3.8) is 0 Å². The zero-order valence-corrected chi connectivity index (χ0v) is 13.0. The van der Waals surface area contributed by atoms with Gasteiger partial charge < -0.3 is 14.9 Å². The largest absolute Gasteiger partial charge is 0.394 e. The summed E-state index contributed by atoms with van der Waals surface area (Å²) in [6.07, 6.45) is 0. The molecule has 1 atom stereocenters. The Hall–Kier alpha value is -1.07. The normalized spacial score (nSPS) is 22.8. The Bertz CT molecular complexity index is 473. The summed E-state index contributed by atoms with van der Waals surface area (Å²) in [7, 11) is 1.80. The van der Waals surface area contributed by atoms with Crippen molar-refractivity contribution in [3.8, 4) is 0 Å². The molecule has 0 radical (unpaired) electrons. The number of carbonyl (C=O) groups excluding carboxylic acids is 1. The van der Waals surface area contributed by atoms with Gasteiger partial charge in [-0.25, -0.2) is 0 Å². The molecule has 1 aliphatic heterocycles. The molecule has 4 nitrogen and oxygen atoms in total. The molecule has 1 amide bonds. The summed E-state index contributed by atoms with van der Waals surface area (Å²) in [4.78, 5) is 16.0. The number of benzene rings is 1. The quantitative estimate of drug-likeness (QED) is 0.902. The number of nitrogens with zero attached hydrogens (tertiary/aromatic N) is 2. The molecule has 0 aliphatic carbocycles. The highest BCUT2D eigenvalue weighted by Gasteiger charge is 2.42. The smallest absolute Gasteiger partial charge is 0.247 e. The van der Waals surface area contributed by atoms with E-state index < -0.39 is 6.04 Å². The van der Waals surface area contributed by atoms with Gasteiger partial charge in [-0.05, 0) is 38.1 Å². The Morgan fingerprint density at radius 1 is 1.37 bits per heavy atom. The van der Waals surface area contributed by atoms with Crippen molar-refractivity contribution in [2.24, 2.45) is 0 Å². The maximum absolute atomic E-state index is 12.3. The van der Waals surface area contributed by atoms with Crippen molar-refractivity contribution in [3.05, 3.63) is 28.7 Å². The van der Waals surface area contributed by atoms with Crippen LogP contribution < -0.4 is 4.90 Å². The predicted molar refractivity (Wildman–Crippen MR) is 79.2 cm³/mol. The lowest BCUT2D eigenvalue weighted by Crippen LogP contribution is -2.66. The third-order valence-electron chi connectivity index (χ3n) is 3.79. The summed E-state index contributed by atoms with van der Waals surface area (Å²) in [5.74, 6) is -0.0401. The van der Waals surface area contributed by atoms with Crippen molar-refractivity contribution in [2.45, 2.75) is 25.4 Å². The highest BCUT2D eigenvalue weighted by atomic mass is 79.9. The molecule has 1 aromatic carbocycles. The molecule has 19 heavy (non-hydrogen) atoms. The van der Waals surface area contributed by atoms with Gasteiger partial charge in [0.1, 0.15) is 6.04 Å². The number of anilines is 1. The second-order valence-electron chi connectivity index (χ2n) is 5.51. The fraction of sp³-hybridized carbons (Fsp3) is 0.500. The van der Waals surface area contributed by atoms with Gasteiger partial charge in [0.05, 0.1) is 12.1 Å². The number of carbonyl (C=O) groups is 1. The molecule has 0 spiro atoms. The fourth-order valence-electron chi connectivity index (χ4n) is 2.37. The third-order valence-corrected chi connectivity index (χ3v) is 4.32. The predicted octanol–water partition coefficient (Wildman–Crippen LogP) is 1.87. The average Bonchev–Trinajstić information content (AvgIpc) is 2.37. The van der Waals surface area contributed by atoms with E-state index in [1.165, 1.54) is 0 Å². The van der Waals surface area contributed by atoms with E-state index in [4.69, 9.17) is 0 Å². The molecule has 0 bridgehead atoms. The van der Waals surface area contributed by atoms with Crippen molar-refractivity contribution in [2.75, 3.05) is 25.1 Å². The standard InChI is InChI=1S/C14H19BrN2O2/c1-14(2)9-17(11-6-4-10(15)5-7-11)12(8-18)13(19)16(14)3/h4-7,12,18H,8-9H2,1-3H3. The van der Waals surface area contributed by atoms with Gasteiger partial charge in [-0.3, -0.25) is 4.79 Å². The van der Waals surface area contributed by atoms with E-state index in [0.29, 0.717) is 6.54 Å². The van der Waals surface area contributed by atoms with E-state index in [1.807, 2.05) is 43.0 Å². The average molecular weight is 327 g/mol. The first kappa shape index (κ1) is 14.3. The van der Waals surface area contributed by atoms with E-state index in [9.17, 15) is 9.90 Å². The number of likely N-dealkylation sites (N-methyl/N-ethyl adjacent to an activating group) is 1. The van der Waals surface area contributed by atoms with Crippen LogP contribution in [0.4, 0.5) is 5.69 Å². The Morgan fingerprint density at radius 3 is 2.47 bits per heavy atom. The van der Waals surface area contributed by atoms with Crippen LogP contribution in [0.1, 0.15) is 13.8 Å². The molecule has 0 saturated carbocycles. The minimum atomic E-state index is -0.501. The number of amides is 1. The van der Waals surface area contributed by atoms with Crippen molar-refractivity contribution in [1.29, 1.82) is 0 Å². The monoisotopic (exact) mass is 326 g/mol. The van der Waals surface area contributed by atoms with Crippen LogP contribution in [0.25, 0.3) is 0 Å². The number of aliphatic hydroxyl groups is 1. The second kappa shape index (κ2) is 5.13. The topological polar surface area (TPSA) is 43.8 Å². The number of halogens is 1. The lowest BCUT2D eigenvalue weighted by molar-refractivity contribution is -0.139. The second-order valence-corrected chi connectivity index (χ2v) is 6.43. The highest BCUT2D eigenvalue weighted by molar-refractivity contribution is 9.10. The molecular formula is C14H19BrN2O2. The van der Waals surface area contributed by atoms with Gasteiger partial charge in [-0.1, -0.05) is 15.9 Å². The molecule has 1 fully saturated rings. The van der Waals surface area contributed by atoms with Crippen LogP contribution in [0.2, 0.25) is 0 Å². The van der Waals surface area contributed by atoms with Crippen LogP contribution >= 0.6 is 15.9 Å². The lowest BCUT2D eigenvalue weighted by atomic mass is 9.95. The SMILES string of the molecule is CN1C(=O)C(CO)N(c2ccc(Br)cc2)CC1(C)C. The van der Waals surface area contributed by atoms with E-state index in [2.05, 4.69) is 15.9 Å². The number of hydrogen-bond acceptors (Lipinski definition) is 3. The summed E-state index contributed by atoms with van der Waals surface area (Å²) in [6, 6.07) is 7.31. The van der Waals surface area contributed by atoms with Gasteiger partial charge in [-0.2, -0.15) is 0 Å². The molecule has 0 aromatic heterocycles. The van der Waals surface area contributed by atoms with Crippen LogP contribution in [0.5, 0.6) is 0 Å². The number of piperazine rings is 1. The summed E-state index contributed by atoms with van der Waals surface area (Å²) in [6.45, 7) is 4.59. The third kappa shape index (κ3) is 2.62. The van der Waals surface area contributed by atoms with E-state index in [0.717, 1.165) is 10.2 Å². The summed E-state index contributed by atoms with van der Waals surface area (Å²) in [5, 5.41) is 9.54. The Labute approximate surface area is 122 Å². The van der Waals surface area contributed by atoms with Crippen LogP contribution in [-0.4, -0.2) is 47.7 Å². The molecule has 1 saturated heterocycles. The lowest BCUT2D eigenvalue weighted by Gasteiger charge is -2.49. The minimum absolute atomic E-state index is 0.0401. The maximum atomic E-state index is 12.3. The Kier molecular flexibility index (Phi) is 3.87. The Morgan fingerprint density at radius 2 is 1.95 bits per heavy atom. The van der Waals surface area contributed by atoms with E-state index in [-0.39, 0.29) is 18.1 Å². The van der Waals surface area contributed by atoms with Crippen LogP contribution in [-0.2, 0) is 4.79 Å². The fourth-order valence-corrected chi connectivity index (χ4v) is 2.63. The summed E-state index contributed by atoms with van der Waals surface area (Å²) >= 11 is 3.40. The van der Waals surface area contributed by atoms with E-state index >= 15 is 0 Å².